The number of hydrogen-bond donors (Lipinski definition) is 2. The van der Waals surface area contributed by atoms with E-state index in [1.165, 1.54) is 6.08 Å². The molecule has 2 N–H and O–H groups in total. The second-order valence-electron chi connectivity index (χ2n) is 5.44. The van der Waals surface area contributed by atoms with Gasteiger partial charge in [-0.2, -0.15) is 0 Å². The van der Waals surface area contributed by atoms with Gasteiger partial charge in [0.2, 0.25) is 0 Å². The van der Waals surface area contributed by atoms with Crippen LogP contribution in [0.5, 0.6) is 0 Å². The highest BCUT2D eigenvalue weighted by Crippen LogP contribution is 2.22. The maximum Gasteiger partial charge on any atom is 0.277 e. The highest BCUT2D eigenvalue weighted by atomic mass is 16.3. The molecule has 2 heterocycles. The standard InChI is InChI=1S/C18H17N3O3/c1-12-3-2-4-15(19-12)13-5-7-14(8-6-13)20-16-11-17(23)21(9-10-22)18(16)24/h2-8,11,20,22H,9-10H2,1H3. The van der Waals surface area contributed by atoms with E-state index in [1.807, 2.05) is 49.4 Å². The highest BCUT2D eigenvalue weighted by Gasteiger charge is 2.30. The molecule has 3 rings (SSSR count). The summed E-state index contributed by atoms with van der Waals surface area (Å²) < 4.78 is 0. The van der Waals surface area contributed by atoms with Crippen molar-refractivity contribution in [2.24, 2.45) is 0 Å². The Hall–Kier alpha value is -2.99. The van der Waals surface area contributed by atoms with E-state index in [1.54, 1.807) is 0 Å². The van der Waals surface area contributed by atoms with Crippen molar-refractivity contribution in [2.75, 3.05) is 18.5 Å². The van der Waals surface area contributed by atoms with Crippen LogP contribution in [0.2, 0.25) is 0 Å². The Morgan fingerprint density at radius 3 is 2.54 bits per heavy atom. The van der Waals surface area contributed by atoms with E-state index in [0.717, 1.165) is 21.9 Å². The lowest BCUT2D eigenvalue weighted by Crippen LogP contribution is -2.34. The monoisotopic (exact) mass is 323 g/mol. The Morgan fingerprint density at radius 1 is 1.12 bits per heavy atom. The van der Waals surface area contributed by atoms with Crippen LogP contribution in [0.25, 0.3) is 11.3 Å². The summed E-state index contributed by atoms with van der Waals surface area (Å²) in [7, 11) is 0. The highest BCUT2D eigenvalue weighted by molar-refractivity contribution is 6.17. The van der Waals surface area contributed by atoms with E-state index < -0.39 is 11.8 Å². The number of aliphatic hydroxyl groups excluding tert-OH is 1. The van der Waals surface area contributed by atoms with Crippen LogP contribution in [0.15, 0.2) is 54.2 Å². The van der Waals surface area contributed by atoms with Gasteiger partial charge in [0.1, 0.15) is 5.70 Å². The molecule has 6 heteroatoms. The summed E-state index contributed by atoms with van der Waals surface area (Å²) in [5, 5.41) is 11.8. The Bertz CT molecular complexity index is 813. The average Bonchev–Trinajstić information content (AvgIpc) is 2.83. The average molecular weight is 323 g/mol. The van der Waals surface area contributed by atoms with Crippen LogP contribution in [0, 0.1) is 6.92 Å². The summed E-state index contributed by atoms with van der Waals surface area (Å²) >= 11 is 0. The number of nitrogens with zero attached hydrogens (tertiary/aromatic N) is 2. The number of anilines is 1. The van der Waals surface area contributed by atoms with Gasteiger partial charge in [0, 0.05) is 23.0 Å². The molecule has 0 fully saturated rings. The Balaban J connectivity index is 1.74. The lowest BCUT2D eigenvalue weighted by atomic mass is 10.1. The van der Waals surface area contributed by atoms with E-state index in [0.29, 0.717) is 5.69 Å². The number of rotatable bonds is 5. The molecule has 0 atom stereocenters. The van der Waals surface area contributed by atoms with Gasteiger partial charge in [-0.15, -0.1) is 0 Å². The zero-order valence-electron chi connectivity index (χ0n) is 13.2. The summed E-state index contributed by atoms with van der Waals surface area (Å²) in [6.45, 7) is 1.68. The van der Waals surface area contributed by atoms with E-state index in [-0.39, 0.29) is 18.8 Å². The van der Waals surface area contributed by atoms with Crippen LogP contribution in [-0.4, -0.2) is 40.0 Å². The smallest absolute Gasteiger partial charge is 0.277 e. The molecule has 0 aliphatic carbocycles. The maximum atomic E-state index is 12.1. The fourth-order valence-corrected chi connectivity index (χ4v) is 2.49. The molecule has 1 aliphatic heterocycles. The second-order valence-corrected chi connectivity index (χ2v) is 5.44. The van der Waals surface area contributed by atoms with Gasteiger partial charge < -0.3 is 10.4 Å². The molecule has 0 saturated heterocycles. The maximum absolute atomic E-state index is 12.1. The van der Waals surface area contributed by atoms with Crippen LogP contribution in [0.4, 0.5) is 5.69 Å². The number of pyridine rings is 1. The summed E-state index contributed by atoms with van der Waals surface area (Å²) in [6.07, 6.45) is 1.24. The minimum absolute atomic E-state index is 0.00267. The Kier molecular flexibility index (Phi) is 4.39. The summed E-state index contributed by atoms with van der Waals surface area (Å²) in [6, 6.07) is 13.3. The van der Waals surface area contributed by atoms with Crippen molar-refractivity contribution >= 4 is 17.5 Å². The SMILES string of the molecule is Cc1cccc(-c2ccc(NC3=CC(=O)N(CCO)C3=O)cc2)n1. The molecule has 0 spiro atoms. The quantitative estimate of drug-likeness (QED) is 0.819. The third-order valence-electron chi connectivity index (χ3n) is 3.68. The normalized spacial score (nSPS) is 14.1. The summed E-state index contributed by atoms with van der Waals surface area (Å²) in [4.78, 5) is 29.3. The largest absolute Gasteiger partial charge is 0.395 e. The molecule has 6 nitrogen and oxygen atoms in total. The summed E-state index contributed by atoms with van der Waals surface area (Å²) in [5.41, 5.74) is 3.69. The molecule has 0 radical (unpaired) electrons. The molecule has 0 unspecified atom stereocenters. The van der Waals surface area contributed by atoms with E-state index >= 15 is 0 Å². The van der Waals surface area contributed by atoms with Gasteiger partial charge in [-0.25, -0.2) is 0 Å². The minimum atomic E-state index is -0.432. The number of benzene rings is 1. The number of carbonyl (C=O) groups is 2. The topological polar surface area (TPSA) is 82.5 Å². The molecule has 122 valence electrons. The minimum Gasteiger partial charge on any atom is -0.395 e. The number of imide groups is 1. The third kappa shape index (κ3) is 3.18. The number of carbonyl (C=O) groups excluding carboxylic acids is 2. The lowest BCUT2D eigenvalue weighted by molar-refractivity contribution is -0.137. The van der Waals surface area contributed by atoms with Gasteiger partial charge in [-0.1, -0.05) is 18.2 Å². The van der Waals surface area contributed by atoms with Crippen molar-refractivity contribution in [1.29, 1.82) is 0 Å². The van der Waals surface area contributed by atoms with Crippen molar-refractivity contribution < 1.29 is 14.7 Å². The predicted molar refractivity (Wildman–Crippen MR) is 89.9 cm³/mol. The van der Waals surface area contributed by atoms with E-state index in [4.69, 9.17) is 5.11 Å². The molecule has 0 bridgehead atoms. The van der Waals surface area contributed by atoms with Gasteiger partial charge in [-0.3, -0.25) is 19.5 Å². The van der Waals surface area contributed by atoms with Gasteiger partial charge in [-0.05, 0) is 31.2 Å². The number of aromatic nitrogens is 1. The van der Waals surface area contributed by atoms with Crippen LogP contribution in [-0.2, 0) is 9.59 Å². The number of amides is 2. The van der Waals surface area contributed by atoms with Crippen molar-refractivity contribution in [3.63, 3.8) is 0 Å². The first-order valence-electron chi connectivity index (χ1n) is 7.58. The number of β-amino-alcohol motifs (C(OH)–C–C–N with tert-alkyl or cyclic N) is 1. The van der Waals surface area contributed by atoms with Gasteiger partial charge in [0.25, 0.3) is 11.8 Å². The van der Waals surface area contributed by atoms with Crippen molar-refractivity contribution in [1.82, 2.24) is 9.88 Å². The molecule has 0 saturated carbocycles. The van der Waals surface area contributed by atoms with E-state index in [2.05, 4.69) is 10.3 Å². The molecule has 1 aromatic heterocycles. The van der Waals surface area contributed by atoms with Crippen molar-refractivity contribution in [3.8, 4) is 11.3 Å². The first-order chi connectivity index (χ1) is 11.6. The number of hydrogen-bond acceptors (Lipinski definition) is 5. The number of aryl methyl sites for hydroxylation is 1. The number of nitrogens with one attached hydrogen (secondary N) is 1. The van der Waals surface area contributed by atoms with Crippen LogP contribution in [0.1, 0.15) is 5.69 Å². The molecule has 1 aliphatic rings. The molecule has 24 heavy (non-hydrogen) atoms. The Morgan fingerprint density at radius 2 is 1.88 bits per heavy atom. The van der Waals surface area contributed by atoms with E-state index in [9.17, 15) is 9.59 Å². The Labute approximate surface area is 139 Å². The second kappa shape index (κ2) is 6.64. The fraction of sp³-hybridized carbons (Fsp3) is 0.167. The van der Waals surface area contributed by atoms with Gasteiger partial charge in [0.05, 0.1) is 18.8 Å². The lowest BCUT2D eigenvalue weighted by Gasteiger charge is -2.13. The summed E-state index contributed by atoms with van der Waals surface area (Å²) in [5.74, 6) is -0.851. The first-order valence-corrected chi connectivity index (χ1v) is 7.58. The molecular formula is C18H17N3O3. The molecule has 2 amide bonds. The zero-order valence-corrected chi connectivity index (χ0v) is 13.2. The zero-order chi connectivity index (χ0) is 17.1. The molecule has 1 aromatic carbocycles. The van der Waals surface area contributed by atoms with Gasteiger partial charge in [0.15, 0.2) is 0 Å². The number of aliphatic hydroxyl groups is 1. The molecular weight excluding hydrogens is 306 g/mol. The fourth-order valence-electron chi connectivity index (χ4n) is 2.49. The van der Waals surface area contributed by atoms with Crippen LogP contribution < -0.4 is 5.32 Å². The van der Waals surface area contributed by atoms with Crippen LogP contribution in [0.3, 0.4) is 0 Å². The third-order valence-corrected chi connectivity index (χ3v) is 3.68. The van der Waals surface area contributed by atoms with Crippen molar-refractivity contribution in [3.05, 3.63) is 59.9 Å². The van der Waals surface area contributed by atoms with Crippen molar-refractivity contribution in [2.45, 2.75) is 6.92 Å². The predicted octanol–water partition coefficient (Wildman–Crippen LogP) is 1.71. The first kappa shape index (κ1) is 15.9. The molecule has 2 aromatic rings. The van der Waals surface area contributed by atoms with Crippen LogP contribution >= 0.6 is 0 Å². The van der Waals surface area contributed by atoms with Gasteiger partial charge >= 0.3 is 0 Å².